The molecular weight excluding hydrogens is 274 g/mol. The first kappa shape index (κ1) is 13.5. The van der Waals surface area contributed by atoms with Gasteiger partial charge in [0, 0.05) is 35.9 Å². The second kappa shape index (κ2) is 4.79. The number of nitrogens with two attached hydrogens (primary N) is 1. The molecular formula is C14H19N3O2S. The summed E-state index contributed by atoms with van der Waals surface area (Å²) in [6.45, 7) is 0. The first-order valence-corrected chi connectivity index (χ1v) is 8.29. The molecule has 5 nitrogen and oxygen atoms in total. The van der Waals surface area contributed by atoms with Crippen LogP contribution >= 0.6 is 0 Å². The highest BCUT2D eigenvalue weighted by Gasteiger charge is 2.31. The van der Waals surface area contributed by atoms with E-state index in [1.54, 1.807) is 31.4 Å². The number of H-pyrrole nitrogens is 1. The normalized spacial score (nSPS) is 17.3. The van der Waals surface area contributed by atoms with Crippen molar-refractivity contribution in [2.24, 2.45) is 0 Å². The molecule has 1 fully saturated rings. The number of benzene rings is 1. The summed E-state index contributed by atoms with van der Waals surface area (Å²) in [6, 6.07) is 5.37. The molecule has 1 heterocycles. The van der Waals surface area contributed by atoms with E-state index in [1.165, 1.54) is 4.31 Å². The quantitative estimate of drug-likeness (QED) is 0.852. The highest BCUT2D eigenvalue weighted by atomic mass is 32.2. The van der Waals surface area contributed by atoms with Crippen molar-refractivity contribution in [2.75, 3.05) is 12.8 Å². The number of aromatic nitrogens is 1. The smallest absolute Gasteiger partial charge is 0.245 e. The van der Waals surface area contributed by atoms with Crippen LogP contribution < -0.4 is 5.73 Å². The van der Waals surface area contributed by atoms with Crippen molar-refractivity contribution in [3.8, 4) is 0 Å². The molecule has 1 aromatic heterocycles. The van der Waals surface area contributed by atoms with Gasteiger partial charge < -0.3 is 10.7 Å². The van der Waals surface area contributed by atoms with Crippen LogP contribution in [0.5, 0.6) is 0 Å². The van der Waals surface area contributed by atoms with Crippen molar-refractivity contribution >= 4 is 26.6 Å². The number of fused-ring (bicyclic) bond motifs is 1. The van der Waals surface area contributed by atoms with Crippen LogP contribution in [0.2, 0.25) is 0 Å². The molecule has 3 N–H and O–H groups in total. The van der Waals surface area contributed by atoms with Crippen molar-refractivity contribution in [2.45, 2.75) is 36.6 Å². The molecule has 0 spiro atoms. The van der Waals surface area contributed by atoms with E-state index in [9.17, 15) is 8.42 Å². The lowest BCUT2D eigenvalue weighted by atomic mass is 10.2. The van der Waals surface area contributed by atoms with Gasteiger partial charge in [0.2, 0.25) is 10.0 Å². The van der Waals surface area contributed by atoms with Gasteiger partial charge in [0.25, 0.3) is 0 Å². The van der Waals surface area contributed by atoms with E-state index in [4.69, 9.17) is 5.73 Å². The molecule has 20 heavy (non-hydrogen) atoms. The number of nitrogens with zero attached hydrogens (tertiary/aromatic N) is 1. The van der Waals surface area contributed by atoms with E-state index >= 15 is 0 Å². The van der Waals surface area contributed by atoms with Crippen LogP contribution in [0, 0.1) is 0 Å². The summed E-state index contributed by atoms with van der Waals surface area (Å²) in [5.74, 6) is 0. The fourth-order valence-electron chi connectivity index (χ4n) is 2.95. The maximum absolute atomic E-state index is 12.8. The molecule has 0 unspecified atom stereocenters. The molecule has 0 bridgehead atoms. The minimum Gasteiger partial charge on any atom is -0.399 e. The van der Waals surface area contributed by atoms with Crippen LogP contribution in [-0.4, -0.2) is 30.8 Å². The second-order valence-corrected chi connectivity index (χ2v) is 7.38. The van der Waals surface area contributed by atoms with Crippen LogP contribution in [0.1, 0.15) is 25.7 Å². The highest BCUT2D eigenvalue weighted by Crippen LogP contribution is 2.31. The van der Waals surface area contributed by atoms with Crippen molar-refractivity contribution in [3.63, 3.8) is 0 Å². The van der Waals surface area contributed by atoms with Gasteiger partial charge in [-0.1, -0.05) is 12.8 Å². The molecule has 1 aliphatic carbocycles. The Morgan fingerprint density at radius 2 is 2.00 bits per heavy atom. The molecule has 1 aliphatic rings. The van der Waals surface area contributed by atoms with Crippen molar-refractivity contribution in [1.82, 2.24) is 9.29 Å². The summed E-state index contributed by atoms with van der Waals surface area (Å²) < 4.78 is 27.0. The molecule has 0 saturated heterocycles. The molecule has 0 aliphatic heterocycles. The number of anilines is 1. The van der Waals surface area contributed by atoms with Gasteiger partial charge in [-0.3, -0.25) is 0 Å². The average molecular weight is 293 g/mol. The Labute approximate surface area is 118 Å². The molecule has 1 aromatic carbocycles. The Morgan fingerprint density at radius 3 is 2.70 bits per heavy atom. The topological polar surface area (TPSA) is 79.2 Å². The predicted molar refractivity (Wildman–Crippen MR) is 79.9 cm³/mol. The minimum absolute atomic E-state index is 0.124. The number of hydrogen-bond acceptors (Lipinski definition) is 3. The molecule has 6 heteroatoms. The monoisotopic (exact) mass is 293 g/mol. The standard InChI is InChI=1S/C14H19N3O2S/c1-17(11-4-2-3-5-11)20(18,19)14-9-16-13-8-10(15)6-7-12(13)14/h6-9,11,16H,2-5,15H2,1H3. The molecule has 108 valence electrons. The summed E-state index contributed by atoms with van der Waals surface area (Å²) in [7, 11) is -1.78. The van der Waals surface area contributed by atoms with E-state index in [0.29, 0.717) is 16.0 Å². The predicted octanol–water partition coefficient (Wildman–Crippen LogP) is 2.31. The van der Waals surface area contributed by atoms with Gasteiger partial charge in [0.1, 0.15) is 4.90 Å². The van der Waals surface area contributed by atoms with E-state index in [1.807, 2.05) is 0 Å². The lowest BCUT2D eigenvalue weighted by Crippen LogP contribution is -2.35. The summed E-state index contributed by atoms with van der Waals surface area (Å²) >= 11 is 0. The fraction of sp³-hybridized carbons (Fsp3) is 0.429. The average Bonchev–Trinajstić information content (AvgIpc) is 3.06. The van der Waals surface area contributed by atoms with Crippen molar-refractivity contribution < 1.29 is 8.42 Å². The zero-order valence-electron chi connectivity index (χ0n) is 11.5. The van der Waals surface area contributed by atoms with Gasteiger partial charge in [0.15, 0.2) is 0 Å². The largest absolute Gasteiger partial charge is 0.399 e. The summed E-state index contributed by atoms with van der Waals surface area (Å²) in [5, 5.41) is 0.698. The second-order valence-electron chi connectivity index (χ2n) is 5.42. The highest BCUT2D eigenvalue weighted by molar-refractivity contribution is 7.89. The lowest BCUT2D eigenvalue weighted by Gasteiger charge is -2.23. The van der Waals surface area contributed by atoms with E-state index in [-0.39, 0.29) is 6.04 Å². The van der Waals surface area contributed by atoms with Gasteiger partial charge in [0.05, 0.1) is 0 Å². The van der Waals surface area contributed by atoms with Gasteiger partial charge in [-0.05, 0) is 31.0 Å². The maximum atomic E-state index is 12.8. The molecule has 0 atom stereocenters. The first-order valence-electron chi connectivity index (χ1n) is 6.85. The molecule has 2 aromatic rings. The van der Waals surface area contributed by atoms with Gasteiger partial charge in [-0.2, -0.15) is 4.31 Å². The van der Waals surface area contributed by atoms with E-state index < -0.39 is 10.0 Å². The van der Waals surface area contributed by atoms with Crippen LogP contribution in [0.15, 0.2) is 29.3 Å². The third-order valence-electron chi connectivity index (χ3n) is 4.16. The SMILES string of the molecule is CN(C1CCCC1)S(=O)(=O)c1c[nH]c2cc(N)ccc12. The summed E-state index contributed by atoms with van der Waals surface area (Å²) in [6.07, 6.45) is 5.67. The third kappa shape index (κ3) is 2.09. The van der Waals surface area contributed by atoms with Gasteiger partial charge in [-0.25, -0.2) is 8.42 Å². The first-order chi connectivity index (χ1) is 9.50. The van der Waals surface area contributed by atoms with Gasteiger partial charge >= 0.3 is 0 Å². The minimum atomic E-state index is -3.46. The van der Waals surface area contributed by atoms with Crippen molar-refractivity contribution in [3.05, 3.63) is 24.4 Å². The third-order valence-corrected chi connectivity index (χ3v) is 6.11. The molecule has 0 radical (unpaired) electrons. The Kier molecular flexibility index (Phi) is 3.22. The lowest BCUT2D eigenvalue weighted by molar-refractivity contribution is 0.373. The molecule has 3 rings (SSSR count). The van der Waals surface area contributed by atoms with Crippen LogP contribution in [0.25, 0.3) is 10.9 Å². The summed E-state index contributed by atoms with van der Waals surface area (Å²) in [5.41, 5.74) is 7.09. The summed E-state index contributed by atoms with van der Waals surface area (Å²) in [4.78, 5) is 3.33. The Bertz CT molecular complexity index is 730. The zero-order valence-corrected chi connectivity index (χ0v) is 12.3. The Balaban J connectivity index is 2.04. The Morgan fingerprint density at radius 1 is 1.30 bits per heavy atom. The number of nitrogen functional groups attached to an aromatic ring is 1. The number of rotatable bonds is 3. The van der Waals surface area contributed by atoms with Crippen molar-refractivity contribution in [1.29, 1.82) is 0 Å². The Hall–Kier alpha value is -1.53. The number of hydrogen-bond donors (Lipinski definition) is 2. The zero-order chi connectivity index (χ0) is 14.3. The number of nitrogens with one attached hydrogen (secondary N) is 1. The van der Waals surface area contributed by atoms with E-state index in [2.05, 4.69) is 4.98 Å². The number of aromatic amines is 1. The number of sulfonamides is 1. The molecule has 0 amide bonds. The van der Waals surface area contributed by atoms with Gasteiger partial charge in [-0.15, -0.1) is 0 Å². The molecule has 1 saturated carbocycles. The van der Waals surface area contributed by atoms with Crippen LogP contribution in [0.3, 0.4) is 0 Å². The van der Waals surface area contributed by atoms with Crippen LogP contribution in [-0.2, 0) is 10.0 Å². The fourth-order valence-corrected chi connectivity index (χ4v) is 4.53. The maximum Gasteiger partial charge on any atom is 0.245 e. The van der Waals surface area contributed by atoms with Crippen LogP contribution in [0.4, 0.5) is 5.69 Å². The van der Waals surface area contributed by atoms with E-state index in [0.717, 1.165) is 31.2 Å².